The van der Waals surface area contributed by atoms with Crippen molar-refractivity contribution in [2.24, 2.45) is 0 Å². The summed E-state index contributed by atoms with van der Waals surface area (Å²) in [4.78, 5) is 15.7. The number of pyridine rings is 1. The number of amides is 1. The lowest BCUT2D eigenvalue weighted by Crippen LogP contribution is -2.34. The van der Waals surface area contributed by atoms with Crippen LogP contribution in [0.3, 0.4) is 0 Å². The molecule has 1 aliphatic rings. The predicted molar refractivity (Wildman–Crippen MR) is 84.9 cm³/mol. The maximum Gasteiger partial charge on any atom is 0.265 e. The summed E-state index contributed by atoms with van der Waals surface area (Å²) in [6.45, 7) is 3.36. The third-order valence-corrected chi connectivity index (χ3v) is 4.67. The number of carbonyl (C=O) groups is 1. The molecule has 7 nitrogen and oxygen atoms in total. The molecular formula is C15H15N3O4S. The van der Waals surface area contributed by atoms with Crippen LogP contribution >= 0.6 is 0 Å². The minimum Gasteiger partial charge on any atom is -0.479 e. The van der Waals surface area contributed by atoms with Gasteiger partial charge in [0, 0.05) is 11.8 Å². The largest absolute Gasteiger partial charge is 0.479 e. The van der Waals surface area contributed by atoms with E-state index in [0.717, 1.165) is 0 Å². The number of hydrogen-bond donors (Lipinski definition) is 2. The highest BCUT2D eigenvalue weighted by molar-refractivity contribution is 7.92. The molecule has 2 N–H and O–H groups in total. The Kier molecular flexibility index (Phi) is 3.69. The third kappa shape index (κ3) is 3.11. The van der Waals surface area contributed by atoms with Crippen molar-refractivity contribution in [3.8, 4) is 5.75 Å². The third-order valence-electron chi connectivity index (χ3n) is 3.32. The fourth-order valence-corrected chi connectivity index (χ4v) is 3.16. The molecule has 1 aromatic carbocycles. The highest BCUT2D eigenvalue weighted by Gasteiger charge is 2.25. The van der Waals surface area contributed by atoms with E-state index in [2.05, 4.69) is 15.0 Å². The van der Waals surface area contributed by atoms with E-state index in [0.29, 0.717) is 17.1 Å². The van der Waals surface area contributed by atoms with Crippen LogP contribution in [0.15, 0.2) is 41.3 Å². The van der Waals surface area contributed by atoms with E-state index in [4.69, 9.17) is 4.74 Å². The highest BCUT2D eigenvalue weighted by atomic mass is 32.2. The highest BCUT2D eigenvalue weighted by Crippen LogP contribution is 2.32. The molecule has 0 saturated carbocycles. The first-order valence-electron chi connectivity index (χ1n) is 6.93. The summed E-state index contributed by atoms with van der Waals surface area (Å²) in [6.07, 6.45) is -0.674. The molecule has 23 heavy (non-hydrogen) atoms. The molecule has 1 atom stereocenters. The van der Waals surface area contributed by atoms with E-state index in [1.807, 2.05) is 0 Å². The van der Waals surface area contributed by atoms with E-state index in [9.17, 15) is 13.2 Å². The summed E-state index contributed by atoms with van der Waals surface area (Å²) in [5.74, 6) is 0.290. The lowest BCUT2D eigenvalue weighted by atomic mass is 10.2. The molecule has 0 fully saturated rings. The molecule has 2 aromatic rings. The Morgan fingerprint density at radius 3 is 2.78 bits per heavy atom. The summed E-state index contributed by atoms with van der Waals surface area (Å²) in [5.41, 5.74) is 1.15. The van der Waals surface area contributed by atoms with Gasteiger partial charge in [-0.1, -0.05) is 6.07 Å². The van der Waals surface area contributed by atoms with E-state index >= 15 is 0 Å². The first-order chi connectivity index (χ1) is 10.8. The van der Waals surface area contributed by atoms with Crippen LogP contribution < -0.4 is 14.8 Å². The lowest BCUT2D eigenvalue weighted by molar-refractivity contribution is -0.122. The number of ether oxygens (including phenoxy) is 1. The molecule has 2 heterocycles. The standard InChI is InChI=1S/C15H15N3O4S/c1-9-4-3-5-14(16-9)18-23(20,21)11-6-7-12-13(8-11)22-10(2)15(19)17-12/h3-8,10H,1-2H3,(H,16,18)(H,17,19). The van der Waals surface area contributed by atoms with Gasteiger partial charge in [0.2, 0.25) is 0 Å². The van der Waals surface area contributed by atoms with Crippen LogP contribution in [-0.2, 0) is 14.8 Å². The van der Waals surface area contributed by atoms with Crippen LogP contribution in [0.1, 0.15) is 12.6 Å². The van der Waals surface area contributed by atoms with Crippen LogP contribution in [0.2, 0.25) is 0 Å². The van der Waals surface area contributed by atoms with E-state index in [1.165, 1.54) is 18.2 Å². The number of anilines is 2. The summed E-state index contributed by atoms with van der Waals surface area (Å²) in [5, 5.41) is 2.65. The smallest absolute Gasteiger partial charge is 0.265 e. The van der Waals surface area contributed by atoms with Crippen molar-refractivity contribution in [2.45, 2.75) is 24.8 Å². The molecule has 0 aliphatic carbocycles. The number of carbonyl (C=O) groups excluding carboxylic acids is 1. The van der Waals surface area contributed by atoms with Gasteiger partial charge in [0.25, 0.3) is 15.9 Å². The Hall–Kier alpha value is -2.61. The second kappa shape index (κ2) is 5.54. The molecular weight excluding hydrogens is 318 g/mol. The summed E-state index contributed by atoms with van der Waals surface area (Å²) in [7, 11) is -3.80. The average molecular weight is 333 g/mol. The lowest BCUT2D eigenvalue weighted by Gasteiger charge is -2.23. The molecule has 1 amide bonds. The average Bonchev–Trinajstić information content (AvgIpc) is 2.47. The Morgan fingerprint density at radius 1 is 1.26 bits per heavy atom. The molecule has 0 bridgehead atoms. The Balaban J connectivity index is 1.92. The van der Waals surface area contributed by atoms with Crippen LogP contribution in [0, 0.1) is 6.92 Å². The Labute approximate surface area is 133 Å². The van der Waals surface area contributed by atoms with E-state index < -0.39 is 16.1 Å². The minimum atomic E-state index is -3.80. The van der Waals surface area contributed by atoms with Crippen molar-refractivity contribution in [3.63, 3.8) is 0 Å². The molecule has 0 saturated heterocycles. The van der Waals surface area contributed by atoms with Gasteiger partial charge in [0.1, 0.15) is 11.6 Å². The molecule has 0 spiro atoms. The van der Waals surface area contributed by atoms with Gasteiger partial charge in [-0.25, -0.2) is 13.4 Å². The van der Waals surface area contributed by atoms with Crippen molar-refractivity contribution in [1.29, 1.82) is 0 Å². The van der Waals surface area contributed by atoms with E-state index in [-0.39, 0.29) is 16.6 Å². The van der Waals surface area contributed by atoms with Crippen LogP contribution in [0.25, 0.3) is 0 Å². The molecule has 3 rings (SSSR count). The normalized spacial score (nSPS) is 17.0. The van der Waals surface area contributed by atoms with Gasteiger partial charge < -0.3 is 10.1 Å². The first-order valence-corrected chi connectivity index (χ1v) is 8.41. The van der Waals surface area contributed by atoms with Crippen molar-refractivity contribution < 1.29 is 17.9 Å². The molecule has 120 valence electrons. The number of benzene rings is 1. The van der Waals surface area contributed by atoms with E-state index in [1.54, 1.807) is 32.0 Å². The SMILES string of the molecule is Cc1cccc(NS(=O)(=O)c2ccc3c(c2)OC(C)C(=O)N3)n1. The van der Waals surface area contributed by atoms with Gasteiger partial charge in [-0.2, -0.15) is 0 Å². The molecule has 1 aliphatic heterocycles. The number of aryl methyl sites for hydroxylation is 1. The first kappa shape index (κ1) is 15.3. The van der Waals surface area contributed by atoms with Crippen molar-refractivity contribution >= 4 is 27.4 Å². The number of nitrogens with zero attached hydrogens (tertiary/aromatic N) is 1. The molecule has 8 heteroatoms. The second-order valence-electron chi connectivity index (χ2n) is 5.18. The number of hydrogen-bond acceptors (Lipinski definition) is 5. The van der Waals surface area contributed by atoms with Gasteiger partial charge in [0.15, 0.2) is 6.10 Å². The van der Waals surface area contributed by atoms with Gasteiger partial charge >= 0.3 is 0 Å². The maximum atomic E-state index is 12.5. The molecule has 0 radical (unpaired) electrons. The van der Waals surface area contributed by atoms with Gasteiger partial charge in [-0.05, 0) is 38.1 Å². The van der Waals surface area contributed by atoms with Gasteiger partial charge in [-0.3, -0.25) is 9.52 Å². The van der Waals surface area contributed by atoms with Crippen LogP contribution in [-0.4, -0.2) is 25.4 Å². The fraction of sp³-hybridized carbons (Fsp3) is 0.200. The number of aromatic nitrogens is 1. The fourth-order valence-electron chi connectivity index (χ4n) is 2.15. The van der Waals surface area contributed by atoms with Crippen LogP contribution in [0.4, 0.5) is 11.5 Å². The van der Waals surface area contributed by atoms with Crippen molar-refractivity contribution in [1.82, 2.24) is 4.98 Å². The van der Waals surface area contributed by atoms with Crippen molar-refractivity contribution in [3.05, 3.63) is 42.1 Å². The monoisotopic (exact) mass is 333 g/mol. The Bertz CT molecular complexity index is 880. The predicted octanol–water partition coefficient (Wildman–Crippen LogP) is 1.91. The van der Waals surface area contributed by atoms with Crippen LogP contribution in [0.5, 0.6) is 5.75 Å². The summed E-state index contributed by atoms with van der Waals surface area (Å²) in [6, 6.07) is 9.33. The van der Waals surface area contributed by atoms with Gasteiger partial charge in [0.05, 0.1) is 10.6 Å². The number of sulfonamides is 1. The number of nitrogens with one attached hydrogen (secondary N) is 2. The number of rotatable bonds is 3. The zero-order chi connectivity index (χ0) is 16.6. The topological polar surface area (TPSA) is 97.4 Å². The van der Waals surface area contributed by atoms with Gasteiger partial charge in [-0.15, -0.1) is 0 Å². The zero-order valence-corrected chi connectivity index (χ0v) is 13.3. The number of fused-ring (bicyclic) bond motifs is 1. The summed E-state index contributed by atoms with van der Waals surface area (Å²) < 4.78 is 32.8. The molecule has 1 unspecified atom stereocenters. The maximum absolute atomic E-state index is 12.5. The molecule has 1 aromatic heterocycles. The summed E-state index contributed by atoms with van der Waals surface area (Å²) >= 11 is 0. The zero-order valence-electron chi connectivity index (χ0n) is 12.5. The minimum absolute atomic E-state index is 0.0305. The second-order valence-corrected chi connectivity index (χ2v) is 6.86. The van der Waals surface area contributed by atoms with Crippen molar-refractivity contribution in [2.75, 3.05) is 10.0 Å². The quantitative estimate of drug-likeness (QED) is 0.894. The Morgan fingerprint density at radius 2 is 2.04 bits per heavy atom.